The van der Waals surface area contributed by atoms with Gasteiger partial charge in [0.25, 0.3) is 5.84 Å². The lowest BCUT2D eigenvalue weighted by molar-refractivity contribution is -0.119. The van der Waals surface area contributed by atoms with E-state index in [1.54, 1.807) is 7.05 Å². The highest BCUT2D eigenvalue weighted by atomic mass is 19.5. The fourth-order valence-electron chi connectivity index (χ4n) is 0.629. The number of nitrogens with one attached hydrogen (secondary N) is 1. The van der Waals surface area contributed by atoms with Crippen molar-refractivity contribution in [2.75, 3.05) is 13.6 Å². The molecule has 0 fully saturated rings. The predicted molar refractivity (Wildman–Crippen MR) is 59.1 cm³/mol. The van der Waals surface area contributed by atoms with Gasteiger partial charge in [0, 0.05) is 0 Å². The minimum atomic E-state index is -6.00. The second-order valence-electron chi connectivity index (χ2n) is 2.94. The second-order valence-corrected chi connectivity index (χ2v) is 2.94. The fraction of sp³-hybridized carbons (Fsp3) is 0.750. The van der Waals surface area contributed by atoms with Crippen LogP contribution in [0.15, 0.2) is 4.99 Å². The lowest BCUT2D eigenvalue weighted by Crippen LogP contribution is -2.49. The molecule has 16 heavy (non-hydrogen) atoms. The highest BCUT2D eigenvalue weighted by Crippen LogP contribution is 2.06. The fourth-order valence-corrected chi connectivity index (χ4v) is 0.629. The number of unbranched alkanes of at least 4 members (excludes halogenated alkanes) is 2. The van der Waals surface area contributed by atoms with Crippen LogP contribution in [0.4, 0.5) is 17.3 Å². The van der Waals surface area contributed by atoms with Crippen molar-refractivity contribution in [3.05, 3.63) is 0 Å². The van der Waals surface area contributed by atoms with Crippen LogP contribution in [0.5, 0.6) is 0 Å². The maximum Gasteiger partial charge on any atom is 0.673 e. The van der Waals surface area contributed by atoms with Gasteiger partial charge in [-0.3, -0.25) is 15.7 Å². The van der Waals surface area contributed by atoms with Gasteiger partial charge in [-0.2, -0.15) is 0 Å². The van der Waals surface area contributed by atoms with Gasteiger partial charge >= 0.3 is 7.25 Å². The molecule has 3 nitrogen and oxygen atoms in total. The van der Waals surface area contributed by atoms with Gasteiger partial charge in [0.05, 0.1) is 7.05 Å². The number of aliphatic imine (C=N–C) groups is 1. The summed E-state index contributed by atoms with van der Waals surface area (Å²) in [6.45, 7) is 2.77. The van der Waals surface area contributed by atoms with Crippen molar-refractivity contribution < 1.29 is 22.7 Å². The van der Waals surface area contributed by atoms with Gasteiger partial charge in [0.15, 0.2) is 0 Å². The first-order valence-corrected chi connectivity index (χ1v) is 4.95. The molecule has 3 N–H and O–H groups in total. The van der Waals surface area contributed by atoms with E-state index in [0.29, 0.717) is 6.54 Å². The normalized spacial score (nSPS) is 10.9. The van der Waals surface area contributed by atoms with Gasteiger partial charge in [-0.05, 0) is 19.1 Å². The molecule has 0 radical (unpaired) electrons. The lowest BCUT2D eigenvalue weighted by atomic mass is 10.3. The van der Waals surface area contributed by atoms with Crippen molar-refractivity contribution in [2.24, 2.45) is 4.99 Å². The summed E-state index contributed by atoms with van der Waals surface area (Å²) in [6, 6.07) is 0. The molecule has 0 aromatic carbocycles. The molecule has 0 rings (SSSR count). The van der Waals surface area contributed by atoms with Gasteiger partial charge < -0.3 is 17.3 Å². The largest absolute Gasteiger partial charge is 0.673 e. The number of nitrogens with zero attached hydrogens (tertiary/aromatic N) is 1. The van der Waals surface area contributed by atoms with E-state index in [4.69, 9.17) is 5.41 Å². The number of halogens is 4. The van der Waals surface area contributed by atoms with Gasteiger partial charge in [0.2, 0.25) is 0 Å². The van der Waals surface area contributed by atoms with Crippen LogP contribution in [-0.2, 0) is 0 Å². The molecule has 8 heteroatoms. The van der Waals surface area contributed by atoms with Crippen molar-refractivity contribution in [1.82, 2.24) is 5.32 Å². The SMILES string of the molecule is CCCCC=NCC(=[NH2+])NC.F[B-](F)(F)F. The predicted octanol–water partition coefficient (Wildman–Crippen LogP) is 0.924. The highest BCUT2D eigenvalue weighted by Gasteiger charge is 2.20. The molecule has 0 saturated carbocycles. The molecular formula is C8H18BF4N3. The number of hydrogen-bond donors (Lipinski definition) is 2. The molecule has 0 aliphatic carbocycles. The molecule has 0 bridgehead atoms. The number of hydrogen-bond acceptors (Lipinski definition) is 1. The van der Waals surface area contributed by atoms with E-state index in [2.05, 4.69) is 17.2 Å². The molecule has 0 aliphatic rings. The van der Waals surface area contributed by atoms with Crippen LogP contribution in [0.1, 0.15) is 26.2 Å². The minimum absolute atomic E-state index is 0.597. The third-order valence-electron chi connectivity index (χ3n) is 1.40. The van der Waals surface area contributed by atoms with E-state index in [9.17, 15) is 17.3 Å². The monoisotopic (exact) mass is 243 g/mol. The third kappa shape index (κ3) is 29.3. The van der Waals surface area contributed by atoms with E-state index in [0.717, 1.165) is 12.3 Å². The van der Waals surface area contributed by atoms with Gasteiger partial charge in [0.1, 0.15) is 6.54 Å². The molecule has 0 aliphatic heterocycles. The van der Waals surface area contributed by atoms with Gasteiger partial charge in [-0.25, -0.2) is 0 Å². The average molecular weight is 243 g/mol. The summed E-state index contributed by atoms with van der Waals surface area (Å²) in [6.07, 6.45) is 5.43. The zero-order valence-corrected chi connectivity index (χ0v) is 9.52. The maximum absolute atomic E-state index is 9.75. The summed E-state index contributed by atoms with van der Waals surface area (Å²) in [5, 5.41) is 8.32. The first-order valence-electron chi connectivity index (χ1n) is 4.95. The third-order valence-corrected chi connectivity index (χ3v) is 1.40. The zero-order valence-electron chi connectivity index (χ0n) is 9.52. The summed E-state index contributed by atoms with van der Waals surface area (Å²) >= 11 is 0. The topological polar surface area (TPSA) is 50.0 Å². The summed E-state index contributed by atoms with van der Waals surface area (Å²) < 4.78 is 39.0. The Kier molecular flexibility index (Phi) is 11.3. The summed E-state index contributed by atoms with van der Waals surface area (Å²) in [7, 11) is -4.20. The maximum atomic E-state index is 9.75. The Morgan fingerprint density at radius 1 is 1.38 bits per heavy atom. The van der Waals surface area contributed by atoms with E-state index in [1.165, 1.54) is 12.8 Å². The first-order chi connectivity index (χ1) is 7.31. The van der Waals surface area contributed by atoms with Crippen LogP contribution in [0.25, 0.3) is 0 Å². The molecule has 0 heterocycles. The molecule has 0 atom stereocenters. The van der Waals surface area contributed by atoms with E-state index in [1.807, 2.05) is 6.21 Å². The summed E-state index contributed by atoms with van der Waals surface area (Å²) in [5.74, 6) is 0.720. The van der Waals surface area contributed by atoms with Gasteiger partial charge in [-0.15, -0.1) is 0 Å². The zero-order chi connectivity index (χ0) is 13.0. The number of likely N-dealkylation sites (N-methyl/N-ethyl adjacent to an activating group) is 1. The van der Waals surface area contributed by atoms with Crippen LogP contribution in [0.2, 0.25) is 0 Å². The Bertz CT molecular complexity index is 200. The quantitative estimate of drug-likeness (QED) is 0.244. The Morgan fingerprint density at radius 2 is 1.88 bits per heavy atom. The van der Waals surface area contributed by atoms with Crippen LogP contribution >= 0.6 is 0 Å². The number of amidine groups is 1. The van der Waals surface area contributed by atoms with Crippen LogP contribution in [0.3, 0.4) is 0 Å². The molecule has 0 aromatic heterocycles. The van der Waals surface area contributed by atoms with E-state index < -0.39 is 7.25 Å². The number of rotatable bonds is 5. The van der Waals surface area contributed by atoms with Crippen molar-refractivity contribution in [3.8, 4) is 0 Å². The van der Waals surface area contributed by atoms with Crippen LogP contribution in [-0.4, -0.2) is 32.9 Å². The Balaban J connectivity index is 0. The van der Waals surface area contributed by atoms with Crippen molar-refractivity contribution >= 4 is 19.3 Å². The average Bonchev–Trinajstić information content (AvgIpc) is 2.14. The van der Waals surface area contributed by atoms with Crippen molar-refractivity contribution in [2.45, 2.75) is 26.2 Å². The molecule has 0 unspecified atom stereocenters. The van der Waals surface area contributed by atoms with Crippen LogP contribution < -0.4 is 10.7 Å². The van der Waals surface area contributed by atoms with Crippen LogP contribution in [0, 0.1) is 0 Å². The van der Waals surface area contributed by atoms with Crippen molar-refractivity contribution in [3.63, 3.8) is 0 Å². The molecule has 0 spiro atoms. The smallest absolute Gasteiger partial charge is 0.418 e. The van der Waals surface area contributed by atoms with E-state index in [-0.39, 0.29) is 0 Å². The summed E-state index contributed by atoms with van der Waals surface area (Å²) in [4.78, 5) is 4.13. The Labute approximate surface area is 92.9 Å². The van der Waals surface area contributed by atoms with Gasteiger partial charge in [-0.1, -0.05) is 13.3 Å². The van der Waals surface area contributed by atoms with E-state index >= 15 is 0 Å². The minimum Gasteiger partial charge on any atom is -0.418 e. The Morgan fingerprint density at radius 3 is 2.25 bits per heavy atom. The van der Waals surface area contributed by atoms with Crippen molar-refractivity contribution in [1.29, 1.82) is 0 Å². The molecule has 0 aromatic rings. The first kappa shape index (κ1) is 17.3. The molecule has 0 amide bonds. The molecular weight excluding hydrogens is 225 g/mol. The molecule has 0 saturated heterocycles. The Hall–Kier alpha value is -1.08. The molecule has 96 valence electrons. The summed E-state index contributed by atoms with van der Waals surface area (Å²) in [5.41, 5.74) is 0. The lowest BCUT2D eigenvalue weighted by Gasteiger charge is -1.94. The standard InChI is InChI=1S/C8H17N3.BF4/c1-3-4-5-6-11-7-8(9)10-2;2-1(3,4)5/h6H,3-5,7H2,1-2H3,(H2,9,10);/q;-1/p+1. The number of nitrogens with two attached hydrogens (primary N) is 1. The highest BCUT2D eigenvalue weighted by molar-refractivity contribution is 6.50. The second kappa shape index (κ2) is 10.4.